The summed E-state index contributed by atoms with van der Waals surface area (Å²) in [5.74, 6) is -1.21. The fourth-order valence-corrected chi connectivity index (χ4v) is 2.11. The van der Waals surface area contributed by atoms with E-state index in [9.17, 15) is 14.0 Å². The Balaban J connectivity index is 1.71. The predicted molar refractivity (Wildman–Crippen MR) is 86.3 cm³/mol. The molecule has 7 heteroatoms. The van der Waals surface area contributed by atoms with Crippen molar-refractivity contribution in [1.82, 2.24) is 9.78 Å². The smallest absolute Gasteiger partial charge is 0.364 e. The molecule has 0 aliphatic carbocycles. The summed E-state index contributed by atoms with van der Waals surface area (Å²) in [7, 11) is 1.29. The van der Waals surface area contributed by atoms with E-state index in [2.05, 4.69) is 9.84 Å². The third kappa shape index (κ3) is 3.72. The number of esters is 2. The highest BCUT2D eigenvalue weighted by atomic mass is 19.1. The number of benzene rings is 2. The van der Waals surface area contributed by atoms with E-state index in [1.54, 1.807) is 18.3 Å². The van der Waals surface area contributed by atoms with Gasteiger partial charge in [-0.15, -0.1) is 0 Å². The minimum absolute atomic E-state index is 0.0985. The van der Waals surface area contributed by atoms with Gasteiger partial charge in [0.1, 0.15) is 11.6 Å². The van der Waals surface area contributed by atoms with Crippen molar-refractivity contribution in [2.75, 3.05) is 7.11 Å². The molecular weight excluding hydrogens is 327 g/mol. The molecule has 0 fully saturated rings. The van der Waals surface area contributed by atoms with Crippen LogP contribution in [0.2, 0.25) is 0 Å². The minimum atomic E-state index is -0.647. The first kappa shape index (κ1) is 16.4. The Bertz CT molecular complexity index is 902. The maximum atomic E-state index is 12.9. The van der Waals surface area contributed by atoms with Crippen molar-refractivity contribution < 1.29 is 23.5 Å². The zero-order chi connectivity index (χ0) is 17.8. The molecule has 3 rings (SSSR count). The molecule has 0 radical (unpaired) electrons. The maximum Gasteiger partial charge on any atom is 0.364 e. The Kier molecular flexibility index (Phi) is 4.56. The summed E-state index contributed by atoms with van der Waals surface area (Å²) < 4.78 is 24.2. The van der Waals surface area contributed by atoms with E-state index in [-0.39, 0.29) is 17.3 Å². The van der Waals surface area contributed by atoms with Crippen LogP contribution in [-0.4, -0.2) is 28.8 Å². The van der Waals surface area contributed by atoms with Gasteiger partial charge in [-0.25, -0.2) is 18.7 Å². The van der Waals surface area contributed by atoms with Crippen LogP contribution in [0, 0.1) is 5.82 Å². The first-order valence-corrected chi connectivity index (χ1v) is 7.29. The second-order valence-electron chi connectivity index (χ2n) is 5.03. The Morgan fingerprint density at radius 2 is 1.64 bits per heavy atom. The van der Waals surface area contributed by atoms with Crippen LogP contribution < -0.4 is 4.74 Å². The minimum Gasteiger partial charge on any atom is -0.465 e. The lowest BCUT2D eigenvalue weighted by atomic mass is 10.2. The second-order valence-corrected chi connectivity index (χ2v) is 5.03. The summed E-state index contributed by atoms with van der Waals surface area (Å²) in [6, 6.07) is 13.1. The van der Waals surface area contributed by atoms with Crippen molar-refractivity contribution in [3.63, 3.8) is 0 Å². The standard InChI is InChI=1S/C18H13FN2O4/c1-24-17(22)12-2-8-15(9-3-12)25-18(23)16-10-11-21(20-16)14-6-4-13(19)5-7-14/h2-11H,1H3. The van der Waals surface area contributed by atoms with Crippen LogP contribution in [-0.2, 0) is 4.74 Å². The third-order valence-corrected chi connectivity index (χ3v) is 3.38. The van der Waals surface area contributed by atoms with Crippen molar-refractivity contribution >= 4 is 11.9 Å². The highest BCUT2D eigenvalue weighted by Gasteiger charge is 2.13. The zero-order valence-corrected chi connectivity index (χ0v) is 13.2. The number of ether oxygens (including phenoxy) is 2. The highest BCUT2D eigenvalue weighted by Crippen LogP contribution is 2.15. The van der Waals surface area contributed by atoms with Crippen LogP contribution >= 0.6 is 0 Å². The molecule has 0 saturated heterocycles. The number of carbonyl (C=O) groups excluding carboxylic acids is 2. The molecule has 0 saturated carbocycles. The van der Waals surface area contributed by atoms with Gasteiger partial charge in [0.05, 0.1) is 18.4 Å². The quantitative estimate of drug-likeness (QED) is 0.539. The van der Waals surface area contributed by atoms with Crippen LogP contribution in [0.1, 0.15) is 20.8 Å². The molecular formula is C18H13FN2O4. The molecule has 0 unspecified atom stereocenters. The number of methoxy groups -OCH3 is 1. The summed E-state index contributed by atoms with van der Waals surface area (Å²) in [6.07, 6.45) is 1.57. The summed E-state index contributed by atoms with van der Waals surface area (Å²) in [4.78, 5) is 23.5. The van der Waals surface area contributed by atoms with Crippen LogP contribution in [0.15, 0.2) is 60.8 Å². The first-order valence-electron chi connectivity index (χ1n) is 7.29. The lowest BCUT2D eigenvalue weighted by Crippen LogP contribution is -2.10. The summed E-state index contributed by atoms with van der Waals surface area (Å²) >= 11 is 0. The van der Waals surface area contributed by atoms with Crippen LogP contribution in [0.25, 0.3) is 5.69 Å². The largest absolute Gasteiger partial charge is 0.465 e. The van der Waals surface area contributed by atoms with E-state index in [1.165, 1.54) is 54.3 Å². The summed E-state index contributed by atoms with van der Waals surface area (Å²) in [6.45, 7) is 0. The first-order chi connectivity index (χ1) is 12.1. The molecule has 0 atom stereocenters. The van der Waals surface area contributed by atoms with E-state index >= 15 is 0 Å². The van der Waals surface area contributed by atoms with Crippen molar-refractivity contribution in [3.8, 4) is 11.4 Å². The average Bonchev–Trinajstić information content (AvgIpc) is 3.12. The number of carbonyl (C=O) groups is 2. The van der Waals surface area contributed by atoms with Gasteiger partial charge in [-0.1, -0.05) is 0 Å². The molecule has 3 aromatic rings. The molecule has 6 nitrogen and oxygen atoms in total. The topological polar surface area (TPSA) is 70.4 Å². The van der Waals surface area contributed by atoms with Crippen molar-refractivity contribution in [3.05, 3.63) is 77.9 Å². The Morgan fingerprint density at radius 3 is 2.28 bits per heavy atom. The normalized spacial score (nSPS) is 10.3. The molecule has 0 bridgehead atoms. The van der Waals surface area contributed by atoms with Gasteiger partial charge in [0.15, 0.2) is 5.69 Å². The molecule has 1 heterocycles. The van der Waals surface area contributed by atoms with E-state index in [0.717, 1.165) is 0 Å². The fourth-order valence-electron chi connectivity index (χ4n) is 2.11. The SMILES string of the molecule is COC(=O)c1ccc(OC(=O)c2ccn(-c3ccc(F)cc3)n2)cc1. The van der Waals surface area contributed by atoms with Gasteiger partial charge in [-0.3, -0.25) is 0 Å². The number of halogens is 1. The van der Waals surface area contributed by atoms with Gasteiger partial charge in [0.25, 0.3) is 0 Å². The lowest BCUT2D eigenvalue weighted by molar-refractivity contribution is 0.0600. The van der Waals surface area contributed by atoms with Gasteiger partial charge in [0, 0.05) is 6.20 Å². The summed E-state index contributed by atoms with van der Waals surface area (Å²) in [5.41, 5.74) is 1.06. The number of aromatic nitrogens is 2. The summed E-state index contributed by atoms with van der Waals surface area (Å²) in [5, 5.41) is 4.11. The number of hydrogen-bond acceptors (Lipinski definition) is 5. The van der Waals surface area contributed by atoms with Crippen molar-refractivity contribution in [2.45, 2.75) is 0 Å². The molecule has 126 valence electrons. The van der Waals surface area contributed by atoms with Crippen molar-refractivity contribution in [2.24, 2.45) is 0 Å². The average molecular weight is 340 g/mol. The van der Waals surface area contributed by atoms with E-state index in [1.807, 2.05) is 0 Å². The Labute approximate surface area is 142 Å². The van der Waals surface area contributed by atoms with Crippen LogP contribution in [0.3, 0.4) is 0 Å². The van der Waals surface area contributed by atoms with Crippen LogP contribution in [0.4, 0.5) is 4.39 Å². The van der Waals surface area contributed by atoms with Crippen molar-refractivity contribution in [1.29, 1.82) is 0 Å². The molecule has 0 N–H and O–H groups in total. The third-order valence-electron chi connectivity index (χ3n) is 3.38. The Hall–Kier alpha value is -3.48. The zero-order valence-electron chi connectivity index (χ0n) is 13.2. The van der Waals surface area contributed by atoms with Gasteiger partial charge in [0.2, 0.25) is 0 Å². The Morgan fingerprint density at radius 1 is 0.960 bits per heavy atom. The molecule has 0 amide bonds. The van der Waals surface area contributed by atoms with Gasteiger partial charge in [-0.05, 0) is 54.6 Å². The monoisotopic (exact) mass is 340 g/mol. The van der Waals surface area contributed by atoms with Gasteiger partial charge >= 0.3 is 11.9 Å². The molecule has 1 aromatic heterocycles. The second kappa shape index (κ2) is 6.96. The van der Waals surface area contributed by atoms with Gasteiger partial charge < -0.3 is 9.47 Å². The molecule has 2 aromatic carbocycles. The van der Waals surface area contributed by atoms with Crippen LogP contribution in [0.5, 0.6) is 5.75 Å². The number of rotatable bonds is 4. The highest BCUT2D eigenvalue weighted by molar-refractivity contribution is 5.90. The number of nitrogens with zero attached hydrogens (tertiary/aromatic N) is 2. The maximum absolute atomic E-state index is 12.9. The van der Waals surface area contributed by atoms with Gasteiger partial charge in [-0.2, -0.15) is 5.10 Å². The molecule has 25 heavy (non-hydrogen) atoms. The van der Waals surface area contributed by atoms with E-state index in [4.69, 9.17) is 4.74 Å². The predicted octanol–water partition coefficient (Wildman–Crippen LogP) is 3.02. The fraction of sp³-hybridized carbons (Fsp3) is 0.0556. The molecule has 0 spiro atoms. The molecule has 0 aliphatic heterocycles. The number of hydrogen-bond donors (Lipinski definition) is 0. The van der Waals surface area contributed by atoms with E-state index in [0.29, 0.717) is 11.3 Å². The lowest BCUT2D eigenvalue weighted by Gasteiger charge is -2.04. The molecule has 0 aliphatic rings. The van der Waals surface area contributed by atoms with E-state index < -0.39 is 11.9 Å².